The molecule has 186 valence electrons. The van der Waals surface area contributed by atoms with Crippen LogP contribution in [0.1, 0.15) is 43.0 Å². The van der Waals surface area contributed by atoms with Crippen LogP contribution in [-0.2, 0) is 26.2 Å². The number of nitrogens with one attached hydrogen (secondary N) is 1. The number of aryl methyl sites for hydroxylation is 3. The van der Waals surface area contributed by atoms with Crippen LogP contribution in [0.5, 0.6) is 0 Å². The zero-order valence-corrected chi connectivity index (χ0v) is 22.1. The molecule has 0 aliphatic heterocycles. The maximum absolute atomic E-state index is 13.5. The van der Waals surface area contributed by atoms with Gasteiger partial charge in [0, 0.05) is 13.1 Å². The predicted octanol–water partition coefficient (Wildman–Crippen LogP) is 3.57. The van der Waals surface area contributed by atoms with Gasteiger partial charge >= 0.3 is 0 Å². The van der Waals surface area contributed by atoms with Crippen LogP contribution in [0.3, 0.4) is 0 Å². The molecule has 2 aromatic rings. The zero-order valence-electron chi connectivity index (χ0n) is 21.3. The summed E-state index contributed by atoms with van der Waals surface area (Å²) < 4.78 is 26.5. The Bertz CT molecular complexity index is 1110. The van der Waals surface area contributed by atoms with E-state index in [2.05, 4.69) is 5.32 Å². The molecule has 7 nitrogen and oxygen atoms in total. The van der Waals surface area contributed by atoms with E-state index in [-0.39, 0.29) is 18.4 Å². The molecule has 0 heterocycles. The van der Waals surface area contributed by atoms with Crippen molar-refractivity contribution >= 4 is 27.5 Å². The molecule has 0 bridgehead atoms. The van der Waals surface area contributed by atoms with Crippen LogP contribution < -0.4 is 9.62 Å². The number of carbonyl (C=O) groups excluding carboxylic acids is 2. The molecule has 0 aromatic heterocycles. The number of amides is 2. The number of nitrogens with zero attached hydrogens (tertiary/aromatic N) is 2. The van der Waals surface area contributed by atoms with Gasteiger partial charge in [0.1, 0.15) is 12.6 Å². The lowest BCUT2D eigenvalue weighted by atomic mass is 10.1. The van der Waals surface area contributed by atoms with Gasteiger partial charge < -0.3 is 10.2 Å². The minimum absolute atomic E-state index is 0.194. The van der Waals surface area contributed by atoms with Crippen molar-refractivity contribution in [3.8, 4) is 0 Å². The van der Waals surface area contributed by atoms with E-state index in [1.807, 2.05) is 71.0 Å². The number of hydrogen-bond donors (Lipinski definition) is 1. The van der Waals surface area contributed by atoms with Crippen LogP contribution in [0.15, 0.2) is 42.5 Å². The lowest BCUT2D eigenvalue weighted by Crippen LogP contribution is -2.51. The van der Waals surface area contributed by atoms with E-state index in [4.69, 9.17) is 0 Å². The lowest BCUT2D eigenvalue weighted by molar-refractivity contribution is -0.139. The van der Waals surface area contributed by atoms with Gasteiger partial charge in [0.05, 0.1) is 11.9 Å². The van der Waals surface area contributed by atoms with Gasteiger partial charge in [0.15, 0.2) is 0 Å². The van der Waals surface area contributed by atoms with Crippen molar-refractivity contribution in [3.63, 3.8) is 0 Å². The zero-order chi connectivity index (χ0) is 25.6. The van der Waals surface area contributed by atoms with Crippen molar-refractivity contribution < 1.29 is 18.0 Å². The number of anilines is 1. The first-order valence-corrected chi connectivity index (χ1v) is 13.3. The summed E-state index contributed by atoms with van der Waals surface area (Å²) >= 11 is 0. The first kappa shape index (κ1) is 27.4. The lowest BCUT2D eigenvalue weighted by Gasteiger charge is -2.32. The van der Waals surface area contributed by atoms with Gasteiger partial charge in [-0.25, -0.2) is 8.42 Å². The number of benzene rings is 2. The third-order valence-corrected chi connectivity index (χ3v) is 6.75. The van der Waals surface area contributed by atoms with Crippen molar-refractivity contribution in [2.24, 2.45) is 5.92 Å². The third-order valence-electron chi connectivity index (χ3n) is 5.63. The van der Waals surface area contributed by atoms with Crippen molar-refractivity contribution in [2.45, 2.75) is 54.1 Å². The molecular weight excluding hydrogens is 450 g/mol. The SMILES string of the molecule is Cc1ccc(CN(C(=O)CN(c2ccc(C)cc2C)S(C)(=O)=O)[C@H](C)C(=O)NCC(C)C)cc1. The Balaban J connectivity index is 2.39. The highest BCUT2D eigenvalue weighted by molar-refractivity contribution is 7.92. The van der Waals surface area contributed by atoms with E-state index in [9.17, 15) is 18.0 Å². The highest BCUT2D eigenvalue weighted by atomic mass is 32.2. The van der Waals surface area contributed by atoms with Gasteiger partial charge in [0.25, 0.3) is 0 Å². The first-order chi connectivity index (χ1) is 15.8. The summed E-state index contributed by atoms with van der Waals surface area (Å²) in [6, 6.07) is 12.3. The highest BCUT2D eigenvalue weighted by Crippen LogP contribution is 2.24. The molecular formula is C26H37N3O4S. The van der Waals surface area contributed by atoms with E-state index >= 15 is 0 Å². The van der Waals surface area contributed by atoms with E-state index in [0.29, 0.717) is 12.2 Å². The van der Waals surface area contributed by atoms with Crippen LogP contribution >= 0.6 is 0 Å². The molecule has 0 aliphatic carbocycles. The number of rotatable bonds is 10. The van der Waals surface area contributed by atoms with Gasteiger partial charge in [0.2, 0.25) is 21.8 Å². The van der Waals surface area contributed by atoms with Gasteiger partial charge in [-0.05, 0) is 50.8 Å². The fraction of sp³-hybridized carbons (Fsp3) is 0.462. The number of carbonyl (C=O) groups is 2. The molecule has 0 unspecified atom stereocenters. The Morgan fingerprint density at radius 1 is 0.941 bits per heavy atom. The summed E-state index contributed by atoms with van der Waals surface area (Å²) in [5, 5.41) is 2.88. The normalized spacial score (nSPS) is 12.4. The molecule has 1 N–H and O–H groups in total. The van der Waals surface area contributed by atoms with Crippen LogP contribution in [0, 0.1) is 26.7 Å². The van der Waals surface area contributed by atoms with Crippen molar-refractivity contribution in [3.05, 3.63) is 64.7 Å². The van der Waals surface area contributed by atoms with Crippen LogP contribution in [0.25, 0.3) is 0 Å². The molecule has 0 saturated heterocycles. The Morgan fingerprint density at radius 3 is 2.06 bits per heavy atom. The van der Waals surface area contributed by atoms with Crippen molar-refractivity contribution in [1.29, 1.82) is 0 Å². The van der Waals surface area contributed by atoms with Crippen LogP contribution in [0.2, 0.25) is 0 Å². The monoisotopic (exact) mass is 487 g/mol. The number of sulfonamides is 1. The standard InChI is InChI=1S/C26H37N3O4S/c1-18(2)15-27-26(31)22(6)28(16-23-11-8-19(3)9-12-23)25(30)17-29(34(7,32)33)24-13-10-20(4)14-21(24)5/h8-14,18,22H,15-17H2,1-7H3,(H,27,31)/t22-/m1/s1. The van der Waals surface area contributed by atoms with Gasteiger partial charge in [-0.1, -0.05) is 61.4 Å². The van der Waals surface area contributed by atoms with Crippen LogP contribution in [0.4, 0.5) is 5.69 Å². The Morgan fingerprint density at radius 2 is 1.53 bits per heavy atom. The van der Waals surface area contributed by atoms with E-state index in [1.165, 1.54) is 4.90 Å². The molecule has 1 atom stereocenters. The average Bonchev–Trinajstić information content (AvgIpc) is 2.74. The fourth-order valence-electron chi connectivity index (χ4n) is 3.61. The molecule has 8 heteroatoms. The Hall–Kier alpha value is -2.87. The molecule has 0 fully saturated rings. The summed E-state index contributed by atoms with van der Waals surface area (Å²) in [5.41, 5.74) is 4.15. The maximum atomic E-state index is 13.5. The van der Waals surface area contributed by atoms with Gasteiger partial charge in [-0.2, -0.15) is 0 Å². The summed E-state index contributed by atoms with van der Waals surface area (Å²) in [4.78, 5) is 27.8. The smallest absolute Gasteiger partial charge is 0.244 e. The molecule has 2 aromatic carbocycles. The minimum Gasteiger partial charge on any atom is -0.354 e. The molecule has 2 amide bonds. The number of hydrogen-bond acceptors (Lipinski definition) is 4. The highest BCUT2D eigenvalue weighted by Gasteiger charge is 2.30. The summed E-state index contributed by atoms with van der Waals surface area (Å²) in [7, 11) is -3.74. The molecule has 2 rings (SSSR count). The van der Waals surface area contributed by atoms with E-state index < -0.39 is 28.5 Å². The van der Waals surface area contributed by atoms with E-state index in [1.54, 1.807) is 13.0 Å². The predicted molar refractivity (Wildman–Crippen MR) is 137 cm³/mol. The Labute approximate surface area is 204 Å². The second-order valence-electron chi connectivity index (χ2n) is 9.38. The summed E-state index contributed by atoms with van der Waals surface area (Å²) in [5.74, 6) is -0.451. The summed E-state index contributed by atoms with van der Waals surface area (Å²) in [6.07, 6.45) is 1.09. The largest absolute Gasteiger partial charge is 0.354 e. The first-order valence-electron chi connectivity index (χ1n) is 11.5. The van der Waals surface area contributed by atoms with Crippen LogP contribution in [-0.4, -0.2) is 50.5 Å². The third kappa shape index (κ3) is 7.58. The van der Waals surface area contributed by atoms with E-state index in [0.717, 1.165) is 32.8 Å². The quantitative estimate of drug-likeness (QED) is 0.555. The van der Waals surface area contributed by atoms with Crippen molar-refractivity contribution in [2.75, 3.05) is 23.7 Å². The second kappa shape index (κ2) is 11.5. The molecule has 0 aliphatic rings. The molecule has 0 spiro atoms. The fourth-order valence-corrected chi connectivity index (χ4v) is 4.51. The minimum atomic E-state index is -3.74. The maximum Gasteiger partial charge on any atom is 0.244 e. The van der Waals surface area contributed by atoms with Gasteiger partial charge in [-0.3, -0.25) is 13.9 Å². The van der Waals surface area contributed by atoms with Crippen molar-refractivity contribution in [1.82, 2.24) is 10.2 Å². The average molecular weight is 488 g/mol. The molecule has 0 saturated carbocycles. The Kier molecular flexibility index (Phi) is 9.27. The summed E-state index contributed by atoms with van der Waals surface area (Å²) in [6.45, 7) is 11.7. The topological polar surface area (TPSA) is 86.8 Å². The molecule has 0 radical (unpaired) electrons. The molecule has 34 heavy (non-hydrogen) atoms. The van der Waals surface area contributed by atoms with Gasteiger partial charge in [-0.15, -0.1) is 0 Å². The second-order valence-corrected chi connectivity index (χ2v) is 11.3.